The van der Waals surface area contributed by atoms with Gasteiger partial charge in [-0.25, -0.2) is 0 Å². The molecule has 0 aromatic carbocycles. The highest BCUT2D eigenvalue weighted by molar-refractivity contribution is 6.88. The van der Waals surface area contributed by atoms with E-state index in [-0.39, 0.29) is 0 Å². The van der Waals surface area contributed by atoms with E-state index in [1.807, 2.05) is 18.5 Å². The Bertz CT molecular complexity index is 393. The van der Waals surface area contributed by atoms with E-state index in [9.17, 15) is 0 Å². The predicted molar refractivity (Wildman–Crippen MR) is 59.1 cm³/mol. The number of H-pyrrole nitrogens is 1. The van der Waals surface area contributed by atoms with E-state index in [0.29, 0.717) is 0 Å². The van der Waals surface area contributed by atoms with Gasteiger partial charge in [0.05, 0.1) is 8.07 Å². The van der Waals surface area contributed by atoms with Gasteiger partial charge in [0, 0.05) is 23.3 Å². The average Bonchev–Trinajstić information content (AvgIpc) is 2.45. The van der Waals surface area contributed by atoms with Crippen LogP contribution in [-0.4, -0.2) is 18.0 Å². The standard InChI is InChI=1S/C10H14N2Si/c1-13(2,3)10-6-8-7-11-5-4-9(8)12-10/h4-7,12H,1-3H3. The highest BCUT2D eigenvalue weighted by Gasteiger charge is 2.18. The Morgan fingerprint density at radius 3 is 2.69 bits per heavy atom. The molecule has 0 spiro atoms. The van der Waals surface area contributed by atoms with Gasteiger partial charge in [0.25, 0.3) is 0 Å². The maximum absolute atomic E-state index is 4.10. The van der Waals surface area contributed by atoms with E-state index in [1.54, 1.807) is 0 Å². The molecule has 2 rings (SSSR count). The highest BCUT2D eigenvalue weighted by Crippen LogP contribution is 2.11. The third-order valence-corrected chi connectivity index (χ3v) is 4.11. The first kappa shape index (κ1) is 8.50. The molecule has 13 heavy (non-hydrogen) atoms. The van der Waals surface area contributed by atoms with Crippen LogP contribution in [0.25, 0.3) is 10.9 Å². The molecule has 0 atom stereocenters. The third-order valence-electron chi connectivity index (χ3n) is 2.23. The van der Waals surface area contributed by atoms with Gasteiger partial charge in [-0.15, -0.1) is 0 Å². The van der Waals surface area contributed by atoms with Crippen LogP contribution in [0.4, 0.5) is 0 Å². The molecule has 0 radical (unpaired) electrons. The van der Waals surface area contributed by atoms with E-state index in [0.717, 1.165) is 0 Å². The maximum atomic E-state index is 4.10. The van der Waals surface area contributed by atoms with E-state index >= 15 is 0 Å². The molecular weight excluding hydrogens is 176 g/mol. The molecule has 68 valence electrons. The fourth-order valence-corrected chi connectivity index (χ4v) is 2.47. The molecule has 0 bridgehead atoms. The fraction of sp³-hybridized carbons (Fsp3) is 0.300. The molecule has 0 aliphatic carbocycles. The number of aromatic amines is 1. The molecule has 0 unspecified atom stereocenters. The molecule has 0 saturated heterocycles. The Morgan fingerprint density at radius 2 is 2.08 bits per heavy atom. The van der Waals surface area contributed by atoms with Crippen LogP contribution in [0.15, 0.2) is 24.5 Å². The molecule has 2 heterocycles. The summed E-state index contributed by atoms with van der Waals surface area (Å²) in [4.78, 5) is 7.56. The molecule has 2 aromatic heterocycles. The van der Waals surface area contributed by atoms with Crippen LogP contribution >= 0.6 is 0 Å². The van der Waals surface area contributed by atoms with Crippen molar-refractivity contribution in [3.63, 3.8) is 0 Å². The summed E-state index contributed by atoms with van der Waals surface area (Å²) in [7, 11) is -1.20. The van der Waals surface area contributed by atoms with Crippen LogP contribution in [-0.2, 0) is 0 Å². The number of pyridine rings is 1. The molecule has 0 saturated carbocycles. The normalized spacial score (nSPS) is 12.2. The SMILES string of the molecule is C[Si](C)(C)c1cc2cnccc2[nH]1. The highest BCUT2D eigenvalue weighted by atomic mass is 28.3. The van der Waals surface area contributed by atoms with Gasteiger partial charge in [-0.05, 0) is 17.4 Å². The zero-order valence-electron chi connectivity index (χ0n) is 8.26. The third kappa shape index (κ3) is 1.51. The molecule has 0 fully saturated rings. The Labute approximate surface area is 79.0 Å². The van der Waals surface area contributed by atoms with E-state index in [2.05, 4.69) is 35.7 Å². The van der Waals surface area contributed by atoms with Gasteiger partial charge in [-0.2, -0.15) is 0 Å². The summed E-state index contributed by atoms with van der Waals surface area (Å²) in [5.74, 6) is 0. The minimum atomic E-state index is -1.20. The van der Waals surface area contributed by atoms with Crippen molar-refractivity contribution in [3.8, 4) is 0 Å². The first-order valence-corrected chi connectivity index (χ1v) is 8.00. The minimum Gasteiger partial charge on any atom is -0.362 e. The summed E-state index contributed by atoms with van der Waals surface area (Å²) in [6.07, 6.45) is 3.74. The molecule has 2 aromatic rings. The van der Waals surface area contributed by atoms with Gasteiger partial charge >= 0.3 is 0 Å². The number of hydrogen-bond acceptors (Lipinski definition) is 1. The number of aromatic nitrogens is 2. The number of rotatable bonds is 1. The van der Waals surface area contributed by atoms with Gasteiger partial charge in [-0.3, -0.25) is 4.98 Å². The largest absolute Gasteiger partial charge is 0.362 e. The Morgan fingerprint density at radius 1 is 1.31 bits per heavy atom. The molecule has 1 N–H and O–H groups in total. The van der Waals surface area contributed by atoms with Gasteiger partial charge in [0.2, 0.25) is 0 Å². The maximum Gasteiger partial charge on any atom is 0.0982 e. The topological polar surface area (TPSA) is 28.7 Å². The van der Waals surface area contributed by atoms with Crippen molar-refractivity contribution < 1.29 is 0 Å². The quantitative estimate of drug-likeness (QED) is 0.685. The second-order valence-corrected chi connectivity index (χ2v) is 9.43. The first-order chi connectivity index (χ1) is 6.07. The van der Waals surface area contributed by atoms with Crippen LogP contribution in [0.2, 0.25) is 19.6 Å². The molecule has 2 nitrogen and oxygen atoms in total. The summed E-state index contributed by atoms with van der Waals surface area (Å²) < 4.78 is 0. The predicted octanol–water partition coefficient (Wildman–Crippen LogP) is 2.11. The van der Waals surface area contributed by atoms with Crippen molar-refractivity contribution in [2.45, 2.75) is 19.6 Å². The zero-order valence-corrected chi connectivity index (χ0v) is 9.26. The molecule has 3 heteroatoms. The summed E-state index contributed by atoms with van der Waals surface area (Å²) in [6.45, 7) is 7.02. The van der Waals surface area contributed by atoms with Crippen molar-refractivity contribution in [1.29, 1.82) is 0 Å². The molecule has 0 aliphatic rings. The first-order valence-electron chi connectivity index (χ1n) is 4.50. The minimum absolute atomic E-state index is 1.20. The van der Waals surface area contributed by atoms with E-state index in [1.165, 1.54) is 16.2 Å². The van der Waals surface area contributed by atoms with Crippen LogP contribution in [0, 0.1) is 0 Å². The number of hydrogen-bond donors (Lipinski definition) is 1. The zero-order chi connectivity index (χ0) is 9.47. The van der Waals surface area contributed by atoms with Gasteiger partial charge in [-0.1, -0.05) is 19.6 Å². The number of fused-ring (bicyclic) bond motifs is 1. The smallest absolute Gasteiger partial charge is 0.0982 e. The van der Waals surface area contributed by atoms with Crippen molar-refractivity contribution in [3.05, 3.63) is 24.5 Å². The lowest BCUT2D eigenvalue weighted by molar-refractivity contribution is 1.36. The Hall–Kier alpha value is -1.09. The molecule has 0 amide bonds. The van der Waals surface area contributed by atoms with Crippen LogP contribution in [0.3, 0.4) is 0 Å². The van der Waals surface area contributed by atoms with Crippen LogP contribution < -0.4 is 5.32 Å². The lowest BCUT2D eigenvalue weighted by atomic mass is 10.3. The summed E-state index contributed by atoms with van der Waals surface area (Å²) in [5, 5.41) is 2.62. The monoisotopic (exact) mass is 190 g/mol. The summed E-state index contributed by atoms with van der Waals surface area (Å²) in [6, 6.07) is 4.26. The Kier molecular flexibility index (Phi) is 1.77. The number of nitrogens with one attached hydrogen (secondary N) is 1. The van der Waals surface area contributed by atoms with Crippen molar-refractivity contribution in [2.24, 2.45) is 0 Å². The van der Waals surface area contributed by atoms with Gasteiger partial charge in [0.1, 0.15) is 0 Å². The van der Waals surface area contributed by atoms with E-state index < -0.39 is 8.07 Å². The fourth-order valence-electron chi connectivity index (χ4n) is 1.38. The summed E-state index contributed by atoms with van der Waals surface area (Å²) >= 11 is 0. The van der Waals surface area contributed by atoms with Crippen molar-refractivity contribution in [2.75, 3.05) is 0 Å². The van der Waals surface area contributed by atoms with Crippen molar-refractivity contribution in [1.82, 2.24) is 9.97 Å². The van der Waals surface area contributed by atoms with Gasteiger partial charge in [0.15, 0.2) is 0 Å². The second-order valence-electron chi connectivity index (χ2n) is 4.40. The van der Waals surface area contributed by atoms with Gasteiger partial charge < -0.3 is 4.98 Å². The van der Waals surface area contributed by atoms with Crippen LogP contribution in [0.1, 0.15) is 0 Å². The second kappa shape index (κ2) is 2.70. The number of nitrogens with zero attached hydrogens (tertiary/aromatic N) is 1. The van der Waals surface area contributed by atoms with Crippen LogP contribution in [0.5, 0.6) is 0 Å². The average molecular weight is 190 g/mol. The Balaban J connectivity index is 2.63. The molecular formula is C10H14N2Si. The van der Waals surface area contributed by atoms with E-state index in [4.69, 9.17) is 0 Å². The molecule has 0 aliphatic heterocycles. The summed E-state index contributed by atoms with van der Waals surface area (Å²) in [5.41, 5.74) is 1.20. The lowest BCUT2D eigenvalue weighted by Gasteiger charge is -2.12. The lowest BCUT2D eigenvalue weighted by Crippen LogP contribution is -2.38. The van der Waals surface area contributed by atoms with Crippen molar-refractivity contribution >= 4 is 24.3 Å².